The van der Waals surface area contributed by atoms with E-state index in [-0.39, 0.29) is 0 Å². The third-order valence-corrected chi connectivity index (χ3v) is 21.4. The number of unbranched alkanes of at least 4 members (excludes halogenated alkanes) is 3. The number of hydrogen-bond acceptors (Lipinski definition) is 4. The first-order valence-electron chi connectivity index (χ1n) is 11.6. The molecule has 0 aliphatic carbocycles. The summed E-state index contributed by atoms with van der Waals surface area (Å²) in [5.74, 6) is 1.82. The molecule has 1 N–H and O–H groups in total. The van der Waals surface area contributed by atoms with Crippen molar-refractivity contribution in [1.29, 1.82) is 0 Å². The summed E-state index contributed by atoms with van der Waals surface area (Å²) in [5.41, 5.74) is 0.661. The number of ether oxygens (including phenoxy) is 3. The number of rotatable bonds is 16. The summed E-state index contributed by atoms with van der Waals surface area (Å²) in [6.07, 6.45) is 11.4. The van der Waals surface area contributed by atoms with Gasteiger partial charge in [0.1, 0.15) is 0 Å². The molecular weight excluding hydrogens is 483 g/mol. The first-order chi connectivity index (χ1) is 14.5. The molecule has 0 spiro atoms. The molecule has 172 valence electrons. The third-order valence-electron chi connectivity index (χ3n) is 6.10. The van der Waals surface area contributed by atoms with E-state index in [1.807, 2.05) is 6.08 Å². The van der Waals surface area contributed by atoms with E-state index >= 15 is 0 Å². The van der Waals surface area contributed by atoms with Crippen LogP contribution in [-0.4, -0.2) is 44.8 Å². The van der Waals surface area contributed by atoms with Gasteiger partial charge in [0.15, 0.2) is 0 Å². The van der Waals surface area contributed by atoms with Crippen LogP contribution in [-0.2, 0) is 0 Å². The molecule has 0 saturated carbocycles. The summed E-state index contributed by atoms with van der Waals surface area (Å²) >= 11 is -2.24. The third kappa shape index (κ3) is 8.33. The van der Waals surface area contributed by atoms with Crippen molar-refractivity contribution in [1.82, 2.24) is 0 Å². The van der Waals surface area contributed by atoms with Crippen LogP contribution < -0.4 is 14.2 Å². The van der Waals surface area contributed by atoms with Crippen molar-refractivity contribution in [2.24, 2.45) is 0 Å². The molecule has 1 rings (SSSR count). The molecule has 5 heteroatoms. The molecule has 0 aliphatic heterocycles. The van der Waals surface area contributed by atoms with Gasteiger partial charge in [-0.15, -0.1) is 0 Å². The van der Waals surface area contributed by atoms with Gasteiger partial charge in [0.05, 0.1) is 0 Å². The maximum absolute atomic E-state index is 11.0. The van der Waals surface area contributed by atoms with Gasteiger partial charge in [-0.1, -0.05) is 0 Å². The van der Waals surface area contributed by atoms with Crippen LogP contribution in [0.3, 0.4) is 0 Å². The average Bonchev–Trinajstić information content (AvgIpc) is 2.78. The van der Waals surface area contributed by atoms with E-state index < -0.39 is 24.5 Å². The summed E-state index contributed by atoms with van der Waals surface area (Å²) in [7, 11) is 4.82. The zero-order valence-electron chi connectivity index (χ0n) is 20.1. The standard InChI is InChI=1S/C13H17O4.3C4H9.Sn/c1-5-6-10(14)13-11(16-3)7-9(15-2)8-12(13)17-4;3*1-3-4-2;/h5-8,10,14H,1H2,2-4H3;3*1,3-4H2,2H3;/b6-5+;;;;. The van der Waals surface area contributed by atoms with Crippen LogP contribution in [0.1, 0.15) is 71.0 Å². The van der Waals surface area contributed by atoms with Gasteiger partial charge >= 0.3 is 189 Å². The van der Waals surface area contributed by atoms with Crippen LogP contribution in [0.4, 0.5) is 0 Å². The predicted molar refractivity (Wildman–Crippen MR) is 130 cm³/mol. The Labute approximate surface area is 188 Å². The number of aliphatic hydroxyl groups excluding tert-OH is 1. The molecule has 30 heavy (non-hydrogen) atoms. The molecule has 0 aromatic heterocycles. The molecule has 0 bridgehead atoms. The van der Waals surface area contributed by atoms with Gasteiger partial charge in [0.25, 0.3) is 0 Å². The molecule has 1 aromatic rings. The van der Waals surface area contributed by atoms with E-state index in [1.54, 1.807) is 33.5 Å². The fourth-order valence-corrected chi connectivity index (χ4v) is 19.4. The molecule has 0 saturated heterocycles. The monoisotopic (exact) mass is 528 g/mol. The van der Waals surface area contributed by atoms with Crippen molar-refractivity contribution in [2.75, 3.05) is 21.3 Å². The van der Waals surface area contributed by atoms with Gasteiger partial charge in [0, 0.05) is 0 Å². The molecule has 0 radical (unpaired) electrons. The Kier molecular flexibility index (Phi) is 13.6. The van der Waals surface area contributed by atoms with E-state index in [0.29, 0.717) is 22.8 Å². The first-order valence-corrected chi connectivity index (χ1v) is 19.7. The van der Waals surface area contributed by atoms with Crippen LogP contribution in [0.25, 0.3) is 0 Å². The van der Waals surface area contributed by atoms with E-state index in [4.69, 9.17) is 14.2 Å². The van der Waals surface area contributed by atoms with Crippen molar-refractivity contribution in [3.63, 3.8) is 0 Å². The van der Waals surface area contributed by atoms with Gasteiger partial charge in [-0.05, 0) is 0 Å². The van der Waals surface area contributed by atoms with Gasteiger partial charge in [0.2, 0.25) is 0 Å². The van der Waals surface area contributed by atoms with Crippen molar-refractivity contribution < 1.29 is 19.3 Å². The van der Waals surface area contributed by atoms with E-state index in [9.17, 15) is 5.11 Å². The summed E-state index contributed by atoms with van der Waals surface area (Å²) in [4.78, 5) is 0. The number of hydrogen-bond donors (Lipinski definition) is 1. The summed E-state index contributed by atoms with van der Waals surface area (Å²) in [6, 6.07) is 3.59. The number of methoxy groups -OCH3 is 3. The second-order valence-corrected chi connectivity index (χ2v) is 22.3. The molecule has 0 fully saturated rings. The van der Waals surface area contributed by atoms with Crippen LogP contribution in [0.5, 0.6) is 17.2 Å². The first kappa shape index (κ1) is 27.2. The van der Waals surface area contributed by atoms with Crippen LogP contribution in [0.2, 0.25) is 17.7 Å². The molecule has 1 unspecified atom stereocenters. The van der Waals surface area contributed by atoms with Crippen molar-refractivity contribution >= 4 is 18.4 Å². The zero-order valence-corrected chi connectivity index (χ0v) is 23.0. The molecule has 1 aromatic carbocycles. The Morgan fingerprint density at radius 3 is 1.67 bits per heavy atom. The average molecular weight is 527 g/mol. The fourth-order valence-electron chi connectivity index (χ4n) is 4.20. The van der Waals surface area contributed by atoms with Crippen molar-refractivity contribution in [3.05, 3.63) is 29.8 Å². The van der Waals surface area contributed by atoms with Crippen LogP contribution in [0.15, 0.2) is 24.3 Å². The molecule has 0 amide bonds. The molecule has 0 aliphatic rings. The fraction of sp³-hybridized carbons (Fsp3) is 0.680. The van der Waals surface area contributed by atoms with Crippen molar-refractivity contribution in [3.8, 4) is 17.2 Å². The normalized spacial score (nSPS) is 12.9. The molecule has 1 atom stereocenters. The predicted octanol–water partition coefficient (Wildman–Crippen LogP) is 7.15. The van der Waals surface area contributed by atoms with Crippen LogP contribution in [0, 0.1) is 0 Å². The SMILES string of the molecule is CCC[CH2][Sn]([CH2]/C=C/C(O)c1c(OC)cc(OC)cc1OC)([CH2]CCC)[CH2]CCC. The minimum absolute atomic E-state index is 0.584. The molecule has 4 nitrogen and oxygen atoms in total. The second kappa shape index (κ2) is 15.0. The summed E-state index contributed by atoms with van der Waals surface area (Å²) in [6.45, 7) is 6.91. The summed E-state index contributed by atoms with van der Waals surface area (Å²) < 4.78 is 22.0. The van der Waals surface area contributed by atoms with Gasteiger partial charge < -0.3 is 0 Å². The van der Waals surface area contributed by atoms with Crippen LogP contribution >= 0.6 is 0 Å². The number of aliphatic hydroxyl groups is 1. The van der Waals surface area contributed by atoms with Gasteiger partial charge in [-0.2, -0.15) is 0 Å². The quantitative estimate of drug-likeness (QED) is 0.183. The summed E-state index contributed by atoms with van der Waals surface area (Å²) in [5, 5.41) is 11.0. The minimum atomic E-state index is -2.24. The maximum atomic E-state index is 11.0. The molecular formula is C25H44O4Sn. The Bertz CT molecular complexity index is 583. The Hall–Kier alpha value is -0.881. The Morgan fingerprint density at radius 2 is 1.30 bits per heavy atom. The van der Waals surface area contributed by atoms with E-state index in [0.717, 1.165) is 0 Å². The second-order valence-electron chi connectivity index (χ2n) is 8.33. The van der Waals surface area contributed by atoms with E-state index in [2.05, 4.69) is 26.8 Å². The number of benzene rings is 1. The van der Waals surface area contributed by atoms with E-state index in [1.165, 1.54) is 56.3 Å². The topological polar surface area (TPSA) is 47.9 Å². The number of allylic oxidation sites excluding steroid dienone is 1. The Morgan fingerprint density at radius 1 is 0.833 bits per heavy atom. The zero-order chi connectivity index (χ0) is 22.4. The van der Waals surface area contributed by atoms with Gasteiger partial charge in [-0.3, -0.25) is 0 Å². The molecule has 0 heterocycles. The Balaban J connectivity index is 3.08. The van der Waals surface area contributed by atoms with Crippen molar-refractivity contribution in [2.45, 2.75) is 83.1 Å². The van der Waals surface area contributed by atoms with Gasteiger partial charge in [-0.25, -0.2) is 0 Å².